The van der Waals surface area contributed by atoms with Crippen LogP contribution in [0.25, 0.3) is 5.65 Å². The monoisotopic (exact) mass is 449 g/mol. The lowest BCUT2D eigenvalue weighted by Crippen LogP contribution is -2.48. The molecule has 0 saturated carbocycles. The van der Waals surface area contributed by atoms with Gasteiger partial charge in [-0.1, -0.05) is 37.6 Å². The molecular weight excluding hydrogens is 418 g/mol. The van der Waals surface area contributed by atoms with Crippen molar-refractivity contribution in [3.05, 3.63) is 60.0 Å². The van der Waals surface area contributed by atoms with Crippen LogP contribution in [0.15, 0.2) is 48.7 Å². The average Bonchev–Trinajstić information content (AvgIpc) is 3.27. The molecule has 0 spiro atoms. The lowest BCUT2D eigenvalue weighted by atomic mass is 9.82. The second kappa shape index (κ2) is 10.0. The maximum atomic E-state index is 13.6. The average molecular weight is 450 g/mol. The van der Waals surface area contributed by atoms with E-state index >= 15 is 0 Å². The number of hydrogen-bond donors (Lipinski definition) is 1. The number of nitrogens with zero attached hydrogens (tertiary/aromatic N) is 4. The summed E-state index contributed by atoms with van der Waals surface area (Å²) in [5.74, 6) is 0.952. The second-order valence-electron chi connectivity index (χ2n) is 8.49. The lowest BCUT2D eigenvalue weighted by molar-refractivity contribution is -0.143. The largest absolute Gasteiger partial charge is 0.496 e. The fourth-order valence-corrected chi connectivity index (χ4v) is 4.66. The quantitative estimate of drug-likeness (QED) is 0.567. The van der Waals surface area contributed by atoms with E-state index in [1.165, 1.54) is 0 Å². The zero-order chi connectivity index (χ0) is 23.4. The molecule has 1 aliphatic rings. The van der Waals surface area contributed by atoms with E-state index in [1.807, 2.05) is 64.9 Å². The van der Waals surface area contributed by atoms with Gasteiger partial charge < -0.3 is 15.0 Å². The summed E-state index contributed by atoms with van der Waals surface area (Å²) in [7, 11) is 1.62. The van der Waals surface area contributed by atoms with Crippen LogP contribution in [0.3, 0.4) is 0 Å². The first-order chi connectivity index (χ1) is 16.0. The Morgan fingerprint density at radius 1 is 1.21 bits per heavy atom. The summed E-state index contributed by atoms with van der Waals surface area (Å²) in [5.41, 5.74) is 1.60. The van der Waals surface area contributed by atoms with Crippen molar-refractivity contribution in [3.8, 4) is 5.75 Å². The van der Waals surface area contributed by atoms with Crippen LogP contribution in [0.2, 0.25) is 0 Å². The molecule has 0 radical (unpaired) electrons. The molecule has 1 aliphatic heterocycles. The molecule has 33 heavy (non-hydrogen) atoms. The third-order valence-corrected chi connectivity index (χ3v) is 6.34. The van der Waals surface area contributed by atoms with Gasteiger partial charge in [0.2, 0.25) is 11.8 Å². The number of benzene rings is 1. The summed E-state index contributed by atoms with van der Waals surface area (Å²) in [6, 6.07) is 12.6. The molecule has 174 valence electrons. The van der Waals surface area contributed by atoms with Crippen LogP contribution in [0.4, 0.5) is 0 Å². The number of ether oxygens (including phenoxy) is 1. The number of nitrogens with one attached hydrogen (secondary N) is 1. The van der Waals surface area contributed by atoms with E-state index < -0.39 is 5.92 Å². The van der Waals surface area contributed by atoms with Crippen LogP contribution in [0.5, 0.6) is 5.75 Å². The van der Waals surface area contributed by atoms with E-state index in [9.17, 15) is 9.59 Å². The molecule has 4 rings (SSSR count). The van der Waals surface area contributed by atoms with Crippen LogP contribution >= 0.6 is 0 Å². The Morgan fingerprint density at radius 2 is 2.00 bits per heavy atom. The molecule has 1 aromatic carbocycles. The summed E-state index contributed by atoms with van der Waals surface area (Å²) in [5, 5.41) is 11.6. The van der Waals surface area contributed by atoms with Gasteiger partial charge in [-0.3, -0.25) is 14.0 Å². The van der Waals surface area contributed by atoms with Gasteiger partial charge in [-0.05, 0) is 38.0 Å². The molecule has 1 N–H and O–H groups in total. The SMILES string of the molecule is CCCCN1C(=O)CCC(C(=O)NC(C)c2nnc3ccccn23)C1c1ccccc1OC. The van der Waals surface area contributed by atoms with E-state index in [4.69, 9.17) is 4.74 Å². The zero-order valence-electron chi connectivity index (χ0n) is 19.4. The fourth-order valence-electron chi connectivity index (χ4n) is 4.66. The lowest BCUT2D eigenvalue weighted by Gasteiger charge is -2.41. The number of amides is 2. The number of pyridine rings is 1. The molecule has 3 unspecified atom stereocenters. The van der Waals surface area contributed by atoms with E-state index in [1.54, 1.807) is 7.11 Å². The van der Waals surface area contributed by atoms with Crippen molar-refractivity contribution in [1.82, 2.24) is 24.8 Å². The van der Waals surface area contributed by atoms with Crippen LogP contribution in [-0.2, 0) is 9.59 Å². The van der Waals surface area contributed by atoms with Crippen LogP contribution in [0.1, 0.15) is 63.0 Å². The van der Waals surface area contributed by atoms with E-state index in [2.05, 4.69) is 22.4 Å². The van der Waals surface area contributed by atoms with Gasteiger partial charge in [0.25, 0.3) is 0 Å². The van der Waals surface area contributed by atoms with Gasteiger partial charge in [0.1, 0.15) is 5.75 Å². The predicted octanol–water partition coefficient (Wildman–Crippen LogP) is 3.70. The normalized spacial score (nSPS) is 19.5. The standard InChI is InChI=1S/C25H31N5O3/c1-4-5-15-30-22(31)14-13-19(23(30)18-10-6-7-11-20(18)33-3)25(32)26-17(2)24-28-27-21-12-8-9-16-29(21)24/h6-12,16-17,19,23H,4-5,13-15H2,1-3H3,(H,26,32). The predicted molar refractivity (Wildman–Crippen MR) is 125 cm³/mol. The molecule has 1 fully saturated rings. The van der Waals surface area contributed by atoms with Crippen LogP contribution in [-0.4, -0.2) is 45.0 Å². The Morgan fingerprint density at radius 3 is 2.79 bits per heavy atom. The molecule has 3 heterocycles. The number of fused-ring (bicyclic) bond motifs is 1. The highest BCUT2D eigenvalue weighted by molar-refractivity contribution is 5.85. The van der Waals surface area contributed by atoms with Crippen molar-refractivity contribution in [2.24, 2.45) is 5.92 Å². The van der Waals surface area contributed by atoms with Gasteiger partial charge in [-0.2, -0.15) is 0 Å². The van der Waals surface area contributed by atoms with Gasteiger partial charge in [-0.25, -0.2) is 0 Å². The topological polar surface area (TPSA) is 88.8 Å². The number of carbonyl (C=O) groups excluding carboxylic acids is 2. The number of para-hydroxylation sites is 1. The highest BCUT2D eigenvalue weighted by Crippen LogP contribution is 2.41. The number of hydrogen-bond acceptors (Lipinski definition) is 5. The van der Waals surface area contributed by atoms with Crippen molar-refractivity contribution in [1.29, 1.82) is 0 Å². The first-order valence-corrected chi connectivity index (χ1v) is 11.6. The molecular formula is C25H31N5O3. The summed E-state index contributed by atoms with van der Waals surface area (Å²) >= 11 is 0. The second-order valence-corrected chi connectivity index (χ2v) is 8.49. The molecule has 8 nitrogen and oxygen atoms in total. The van der Waals surface area contributed by atoms with Crippen molar-refractivity contribution in [2.45, 2.75) is 51.6 Å². The Bertz CT molecular complexity index is 1130. The number of rotatable bonds is 8. The van der Waals surface area contributed by atoms with Crippen LogP contribution in [0, 0.1) is 5.92 Å². The Labute approximate surface area is 193 Å². The summed E-state index contributed by atoms with van der Waals surface area (Å²) in [6.07, 6.45) is 4.58. The minimum absolute atomic E-state index is 0.0832. The summed E-state index contributed by atoms with van der Waals surface area (Å²) in [6.45, 7) is 4.62. The molecule has 0 bridgehead atoms. The molecule has 2 aromatic heterocycles. The third-order valence-electron chi connectivity index (χ3n) is 6.34. The number of unbranched alkanes of at least 4 members (excludes halogenated alkanes) is 1. The van der Waals surface area contributed by atoms with E-state index in [0.717, 1.165) is 24.1 Å². The van der Waals surface area contributed by atoms with Gasteiger partial charge >= 0.3 is 0 Å². The molecule has 8 heteroatoms. The van der Waals surface area contributed by atoms with Gasteiger partial charge in [0.15, 0.2) is 11.5 Å². The Balaban J connectivity index is 1.64. The Hall–Kier alpha value is -3.42. The molecule has 1 saturated heterocycles. The molecule has 3 atom stereocenters. The first-order valence-electron chi connectivity index (χ1n) is 11.6. The zero-order valence-corrected chi connectivity index (χ0v) is 19.4. The third kappa shape index (κ3) is 4.55. The molecule has 3 aromatic rings. The number of aromatic nitrogens is 3. The minimum atomic E-state index is -0.391. The van der Waals surface area contributed by atoms with Gasteiger partial charge in [0, 0.05) is 24.7 Å². The maximum absolute atomic E-state index is 13.6. The van der Waals surface area contributed by atoms with E-state index in [0.29, 0.717) is 31.0 Å². The highest BCUT2D eigenvalue weighted by Gasteiger charge is 2.42. The molecule has 0 aliphatic carbocycles. The smallest absolute Gasteiger partial charge is 0.226 e. The number of likely N-dealkylation sites (tertiary alicyclic amines) is 1. The fraction of sp³-hybridized carbons (Fsp3) is 0.440. The summed E-state index contributed by atoms with van der Waals surface area (Å²) in [4.78, 5) is 28.4. The van der Waals surface area contributed by atoms with Gasteiger partial charge in [-0.15, -0.1) is 10.2 Å². The maximum Gasteiger partial charge on any atom is 0.226 e. The Kier molecular flexibility index (Phi) is 6.91. The van der Waals surface area contributed by atoms with Crippen molar-refractivity contribution in [3.63, 3.8) is 0 Å². The van der Waals surface area contributed by atoms with E-state index in [-0.39, 0.29) is 23.9 Å². The first kappa shape index (κ1) is 22.8. The van der Waals surface area contributed by atoms with Gasteiger partial charge in [0.05, 0.1) is 25.1 Å². The van der Waals surface area contributed by atoms with Crippen molar-refractivity contribution in [2.75, 3.05) is 13.7 Å². The van der Waals surface area contributed by atoms with Crippen molar-refractivity contribution >= 4 is 17.5 Å². The minimum Gasteiger partial charge on any atom is -0.496 e. The number of carbonyl (C=O) groups is 2. The van der Waals surface area contributed by atoms with Crippen LogP contribution < -0.4 is 10.1 Å². The highest BCUT2D eigenvalue weighted by atomic mass is 16.5. The summed E-state index contributed by atoms with van der Waals surface area (Å²) < 4.78 is 7.49. The molecule has 2 amide bonds. The van der Waals surface area contributed by atoms with Crippen molar-refractivity contribution < 1.29 is 14.3 Å². The number of piperidine rings is 1. The number of methoxy groups -OCH3 is 1.